The Labute approximate surface area is 153 Å². The van der Waals surface area contributed by atoms with E-state index in [-0.39, 0.29) is 11.7 Å². The zero-order chi connectivity index (χ0) is 17.2. The Morgan fingerprint density at radius 2 is 2.16 bits per heavy atom. The van der Waals surface area contributed by atoms with E-state index in [4.69, 9.17) is 0 Å². The largest absolute Gasteiger partial charge is 0.297 e. The summed E-state index contributed by atoms with van der Waals surface area (Å²) in [5.41, 5.74) is 1.75. The highest BCUT2D eigenvalue weighted by atomic mass is 32.1. The second kappa shape index (κ2) is 7.03. The van der Waals surface area contributed by atoms with Crippen LogP contribution in [0.1, 0.15) is 25.8 Å². The van der Waals surface area contributed by atoms with E-state index in [0.29, 0.717) is 22.1 Å². The lowest BCUT2D eigenvalue weighted by atomic mass is 10.1. The third-order valence-corrected chi connectivity index (χ3v) is 5.99. The van der Waals surface area contributed by atoms with Gasteiger partial charge < -0.3 is 0 Å². The van der Waals surface area contributed by atoms with Crippen molar-refractivity contribution in [3.05, 3.63) is 68.6 Å². The number of rotatable bonds is 4. The van der Waals surface area contributed by atoms with E-state index in [2.05, 4.69) is 15.2 Å². The van der Waals surface area contributed by atoms with Crippen LogP contribution >= 0.6 is 22.7 Å². The van der Waals surface area contributed by atoms with Gasteiger partial charge in [0.15, 0.2) is 5.13 Å². The van der Waals surface area contributed by atoms with Crippen molar-refractivity contribution < 1.29 is 9.18 Å². The number of hydrogen-bond acceptors (Lipinski definition) is 5. The van der Waals surface area contributed by atoms with E-state index >= 15 is 0 Å². The average molecular weight is 373 g/mol. The molecule has 3 aromatic rings. The Bertz CT molecular complexity index is 892. The number of nitrogens with one attached hydrogen (secondary N) is 1. The summed E-state index contributed by atoms with van der Waals surface area (Å²) in [4.78, 5) is 20.7. The molecule has 1 aliphatic rings. The van der Waals surface area contributed by atoms with E-state index in [9.17, 15) is 9.18 Å². The van der Waals surface area contributed by atoms with Crippen LogP contribution in [0.15, 0.2) is 41.8 Å². The number of halogens is 1. The summed E-state index contributed by atoms with van der Waals surface area (Å²) in [7, 11) is 0. The van der Waals surface area contributed by atoms with Gasteiger partial charge in [0.05, 0.1) is 10.6 Å². The van der Waals surface area contributed by atoms with Crippen LogP contribution in [0.3, 0.4) is 0 Å². The van der Waals surface area contributed by atoms with Crippen molar-refractivity contribution >= 4 is 33.7 Å². The van der Waals surface area contributed by atoms with E-state index in [1.165, 1.54) is 28.7 Å². The maximum atomic E-state index is 13.8. The Morgan fingerprint density at radius 1 is 1.28 bits per heavy atom. The summed E-state index contributed by atoms with van der Waals surface area (Å²) in [6.07, 6.45) is 0.815. The van der Waals surface area contributed by atoms with Crippen molar-refractivity contribution in [2.75, 3.05) is 11.9 Å². The molecule has 2 aromatic heterocycles. The van der Waals surface area contributed by atoms with Gasteiger partial charge in [0, 0.05) is 36.5 Å². The molecule has 1 amide bonds. The molecule has 7 heteroatoms. The maximum absolute atomic E-state index is 13.8. The average Bonchev–Trinajstić information content (AvgIpc) is 3.25. The van der Waals surface area contributed by atoms with Gasteiger partial charge in [-0.2, -0.15) is 0 Å². The van der Waals surface area contributed by atoms with Crippen LogP contribution in [0.4, 0.5) is 9.52 Å². The molecule has 128 valence electrons. The smallest absolute Gasteiger partial charge is 0.267 e. The van der Waals surface area contributed by atoms with Crippen LogP contribution in [0.5, 0.6) is 0 Å². The zero-order valence-corrected chi connectivity index (χ0v) is 15.0. The van der Waals surface area contributed by atoms with Gasteiger partial charge in [-0.05, 0) is 17.5 Å². The normalized spacial score (nSPS) is 14.3. The second-order valence-corrected chi connectivity index (χ2v) is 7.90. The van der Waals surface area contributed by atoms with Crippen molar-refractivity contribution in [1.82, 2.24) is 9.88 Å². The molecule has 4 nitrogen and oxygen atoms in total. The van der Waals surface area contributed by atoms with E-state index in [1.807, 2.05) is 23.6 Å². The summed E-state index contributed by atoms with van der Waals surface area (Å²) in [5, 5.41) is 5.39. The number of amides is 1. The molecule has 0 radical (unpaired) electrons. The molecular formula is C18H16FN3OS2. The van der Waals surface area contributed by atoms with Crippen LogP contribution in [-0.4, -0.2) is 22.3 Å². The first kappa shape index (κ1) is 16.4. The van der Waals surface area contributed by atoms with Crippen LogP contribution in [0.25, 0.3) is 0 Å². The maximum Gasteiger partial charge on any atom is 0.267 e. The number of thiazole rings is 1. The molecule has 0 aliphatic carbocycles. The predicted molar refractivity (Wildman–Crippen MR) is 98.6 cm³/mol. The number of benzene rings is 1. The van der Waals surface area contributed by atoms with Crippen molar-refractivity contribution in [1.29, 1.82) is 0 Å². The van der Waals surface area contributed by atoms with Gasteiger partial charge in [0.2, 0.25) is 0 Å². The highest BCUT2D eigenvalue weighted by Gasteiger charge is 2.22. The number of carbonyl (C=O) groups is 1. The van der Waals surface area contributed by atoms with Gasteiger partial charge in [-0.15, -0.1) is 22.7 Å². The summed E-state index contributed by atoms with van der Waals surface area (Å²) in [6.45, 7) is 2.15. The monoisotopic (exact) mass is 373 g/mol. The molecule has 0 atom stereocenters. The third kappa shape index (κ3) is 3.63. The number of anilines is 1. The lowest BCUT2D eigenvalue weighted by molar-refractivity contribution is 0.103. The summed E-state index contributed by atoms with van der Waals surface area (Å²) >= 11 is 2.91. The topological polar surface area (TPSA) is 45.2 Å². The number of nitrogens with zero attached hydrogens (tertiary/aromatic N) is 2. The quantitative estimate of drug-likeness (QED) is 0.747. The van der Waals surface area contributed by atoms with E-state index < -0.39 is 0 Å². The van der Waals surface area contributed by atoms with Gasteiger partial charge in [0.25, 0.3) is 5.91 Å². The van der Waals surface area contributed by atoms with Crippen LogP contribution in [-0.2, 0) is 19.5 Å². The fourth-order valence-electron chi connectivity index (χ4n) is 2.87. The van der Waals surface area contributed by atoms with Crippen LogP contribution < -0.4 is 5.32 Å². The van der Waals surface area contributed by atoms with Gasteiger partial charge in [-0.3, -0.25) is 15.0 Å². The Kier molecular flexibility index (Phi) is 4.61. The molecular weight excluding hydrogens is 357 g/mol. The van der Waals surface area contributed by atoms with Gasteiger partial charge in [-0.1, -0.05) is 24.3 Å². The minimum Gasteiger partial charge on any atom is -0.297 e. The lowest BCUT2D eigenvalue weighted by Crippen LogP contribution is -2.29. The third-order valence-electron chi connectivity index (χ3n) is 4.13. The first-order valence-electron chi connectivity index (χ1n) is 7.98. The molecule has 0 spiro atoms. The van der Waals surface area contributed by atoms with E-state index in [1.54, 1.807) is 12.1 Å². The molecule has 0 saturated carbocycles. The fourth-order valence-corrected chi connectivity index (χ4v) is 4.54. The fraction of sp³-hybridized carbons (Fsp3) is 0.222. The first-order valence-corrected chi connectivity index (χ1v) is 9.68. The summed E-state index contributed by atoms with van der Waals surface area (Å²) < 4.78 is 13.8. The molecule has 1 N–H and O–H groups in total. The Balaban J connectivity index is 1.44. The Morgan fingerprint density at radius 3 is 2.96 bits per heavy atom. The molecule has 0 fully saturated rings. The predicted octanol–water partition coefficient (Wildman–Crippen LogP) is 4.15. The lowest BCUT2D eigenvalue weighted by Gasteiger charge is -2.25. The highest BCUT2D eigenvalue weighted by molar-refractivity contribution is 7.16. The number of hydrogen-bond donors (Lipinski definition) is 1. The first-order chi connectivity index (χ1) is 12.2. The minimum atomic E-state index is -0.165. The standard InChI is InChI=1S/C18H16FN3OS2/c19-13-5-2-1-4-12(13)10-22-8-7-14-16(11-22)25-18(20-14)21-17(23)15-6-3-9-24-15/h1-6,9H,7-8,10-11H2,(H,20,21,23). The second-order valence-electron chi connectivity index (χ2n) is 5.87. The SMILES string of the molecule is O=C(Nc1nc2c(s1)CN(Cc1ccccc1F)CC2)c1cccs1. The van der Waals surface area contributed by atoms with Crippen molar-refractivity contribution in [2.45, 2.75) is 19.5 Å². The van der Waals surface area contributed by atoms with Gasteiger partial charge in [-0.25, -0.2) is 9.37 Å². The number of aromatic nitrogens is 1. The van der Waals surface area contributed by atoms with Crippen molar-refractivity contribution in [3.63, 3.8) is 0 Å². The van der Waals surface area contributed by atoms with E-state index in [0.717, 1.165) is 30.1 Å². The highest BCUT2D eigenvalue weighted by Crippen LogP contribution is 2.29. The van der Waals surface area contributed by atoms with Crippen LogP contribution in [0.2, 0.25) is 0 Å². The molecule has 0 unspecified atom stereocenters. The number of thiophene rings is 1. The summed E-state index contributed by atoms with van der Waals surface area (Å²) in [6, 6.07) is 10.5. The van der Waals surface area contributed by atoms with Gasteiger partial charge >= 0.3 is 0 Å². The minimum absolute atomic E-state index is 0.121. The molecule has 4 rings (SSSR count). The van der Waals surface area contributed by atoms with Gasteiger partial charge in [0.1, 0.15) is 5.82 Å². The molecule has 25 heavy (non-hydrogen) atoms. The van der Waals surface area contributed by atoms with Crippen LogP contribution in [0, 0.1) is 5.82 Å². The molecule has 1 aromatic carbocycles. The summed E-state index contributed by atoms with van der Waals surface area (Å²) in [5.74, 6) is -0.286. The van der Waals surface area contributed by atoms with Crippen molar-refractivity contribution in [3.8, 4) is 0 Å². The molecule has 1 aliphatic heterocycles. The Hall–Kier alpha value is -2.09. The molecule has 3 heterocycles. The molecule has 0 saturated heterocycles. The molecule has 0 bridgehead atoms. The number of carbonyl (C=O) groups excluding carboxylic acids is 1. The number of fused-ring (bicyclic) bond motifs is 1. The van der Waals surface area contributed by atoms with Crippen molar-refractivity contribution in [2.24, 2.45) is 0 Å². The zero-order valence-electron chi connectivity index (χ0n) is 13.4.